The summed E-state index contributed by atoms with van der Waals surface area (Å²) in [5.41, 5.74) is 3.03. The Hall–Kier alpha value is -1.77. The van der Waals surface area contributed by atoms with Crippen LogP contribution in [0, 0.1) is 11.3 Å². The number of nitrogens with zero attached hydrogens (tertiary/aromatic N) is 2. The first-order valence-electron chi connectivity index (χ1n) is 7.07. The van der Waals surface area contributed by atoms with Crippen LogP contribution in [-0.4, -0.2) is 38.7 Å². The lowest BCUT2D eigenvalue weighted by molar-refractivity contribution is 0.335. The molecule has 1 aromatic carbocycles. The Kier molecular flexibility index (Phi) is 3.52. The minimum absolute atomic E-state index is 0.450. The highest BCUT2D eigenvalue weighted by molar-refractivity contribution is 7.97. The zero-order valence-electron chi connectivity index (χ0n) is 12.1. The van der Waals surface area contributed by atoms with Gasteiger partial charge in [0.05, 0.1) is 11.6 Å². The van der Waals surface area contributed by atoms with Crippen LogP contribution in [0.3, 0.4) is 0 Å². The smallest absolute Gasteiger partial charge is 0.0991 e. The number of hydrogen-bond acceptors (Lipinski definition) is 2. The van der Waals surface area contributed by atoms with Crippen molar-refractivity contribution < 1.29 is 4.21 Å². The van der Waals surface area contributed by atoms with E-state index in [-0.39, 0.29) is 0 Å². The van der Waals surface area contributed by atoms with Gasteiger partial charge in [-0.25, -0.2) is 4.31 Å². The lowest BCUT2D eigenvalue weighted by atomic mass is 9.90. The number of hydrogen-bond donors (Lipinski definition) is 1. The topological polar surface area (TPSA) is 59.9 Å². The Morgan fingerprint density at radius 3 is 2.76 bits per heavy atom. The molecule has 0 spiro atoms. The Balaban J connectivity index is 1.87. The van der Waals surface area contributed by atoms with Crippen LogP contribution in [0.15, 0.2) is 24.4 Å². The Bertz CT molecular complexity index is 806. The van der Waals surface area contributed by atoms with Gasteiger partial charge < -0.3 is 4.98 Å². The van der Waals surface area contributed by atoms with Crippen LogP contribution in [0.1, 0.15) is 29.9 Å². The van der Waals surface area contributed by atoms with E-state index < -0.39 is 9.71 Å². The zero-order valence-corrected chi connectivity index (χ0v) is 12.9. The number of fused-ring (bicyclic) bond motifs is 1. The highest BCUT2D eigenvalue weighted by atomic mass is 32.2. The van der Waals surface area contributed by atoms with Crippen LogP contribution in [0.2, 0.25) is 0 Å². The largest absolute Gasteiger partial charge is 0.361 e. The van der Waals surface area contributed by atoms with Crippen LogP contribution in [-0.2, 0) is 9.71 Å². The minimum atomic E-state index is -2.09. The predicted molar refractivity (Wildman–Crippen MR) is 87.7 cm³/mol. The standard InChI is InChI=1S/C16H19N3OS/c1-21(2,20)19-7-5-13(6-8-19)15-11-18-16-4-3-12(10-17)9-14(15)16/h3-4,9,11,13,18H,1,5-8H2,2H3. The third kappa shape index (κ3) is 2.69. The quantitative estimate of drug-likeness (QED) is 0.866. The molecule has 1 unspecified atom stereocenters. The third-order valence-electron chi connectivity index (χ3n) is 4.28. The summed E-state index contributed by atoms with van der Waals surface area (Å²) in [7, 11) is -2.09. The van der Waals surface area contributed by atoms with E-state index in [0.717, 1.165) is 36.8 Å². The van der Waals surface area contributed by atoms with E-state index in [1.807, 2.05) is 22.5 Å². The highest BCUT2D eigenvalue weighted by Gasteiger charge is 2.25. The number of nitrogens with one attached hydrogen (secondary N) is 1. The molecule has 2 aromatic rings. The second-order valence-corrected chi connectivity index (χ2v) is 8.21. The number of benzene rings is 1. The van der Waals surface area contributed by atoms with Gasteiger partial charge in [-0.1, -0.05) is 0 Å². The maximum absolute atomic E-state index is 12.0. The summed E-state index contributed by atoms with van der Waals surface area (Å²) in [5.74, 6) is 4.22. The summed E-state index contributed by atoms with van der Waals surface area (Å²) in [5, 5.41) is 10.2. The first-order chi connectivity index (χ1) is 9.99. The van der Waals surface area contributed by atoms with Gasteiger partial charge in [-0.05, 0) is 48.4 Å². The SMILES string of the molecule is C=S(C)(=O)N1CCC(c2c[nH]c3ccc(C#N)cc23)CC1. The van der Waals surface area contributed by atoms with Crippen molar-refractivity contribution in [1.29, 1.82) is 5.26 Å². The van der Waals surface area contributed by atoms with Gasteiger partial charge in [0.15, 0.2) is 0 Å². The van der Waals surface area contributed by atoms with Crippen LogP contribution >= 0.6 is 0 Å². The van der Waals surface area contributed by atoms with Gasteiger partial charge >= 0.3 is 0 Å². The lowest BCUT2D eigenvalue weighted by Gasteiger charge is -2.32. The number of aromatic amines is 1. The summed E-state index contributed by atoms with van der Waals surface area (Å²) in [6.07, 6.45) is 5.71. The van der Waals surface area contributed by atoms with Crippen molar-refractivity contribution in [1.82, 2.24) is 9.29 Å². The molecule has 0 aliphatic carbocycles. The van der Waals surface area contributed by atoms with Gasteiger partial charge in [-0.15, -0.1) is 0 Å². The average molecular weight is 301 g/mol. The molecule has 5 heteroatoms. The second-order valence-electron chi connectivity index (χ2n) is 5.78. The molecule has 110 valence electrons. The summed E-state index contributed by atoms with van der Waals surface area (Å²) in [4.78, 5) is 3.29. The summed E-state index contributed by atoms with van der Waals surface area (Å²) in [6.45, 7) is 1.63. The molecule has 1 aliphatic rings. The third-order valence-corrected chi connectivity index (χ3v) is 5.74. The monoisotopic (exact) mass is 301 g/mol. The molecule has 4 nitrogen and oxygen atoms in total. The van der Waals surface area contributed by atoms with E-state index in [0.29, 0.717) is 11.5 Å². The van der Waals surface area contributed by atoms with E-state index in [4.69, 9.17) is 5.26 Å². The van der Waals surface area contributed by atoms with Gasteiger partial charge in [-0.2, -0.15) is 5.26 Å². The number of H-pyrrole nitrogens is 1. The van der Waals surface area contributed by atoms with Crippen molar-refractivity contribution >= 4 is 26.5 Å². The molecule has 0 amide bonds. The van der Waals surface area contributed by atoms with Gasteiger partial charge in [0.2, 0.25) is 0 Å². The van der Waals surface area contributed by atoms with Gasteiger partial charge in [0.1, 0.15) is 0 Å². The minimum Gasteiger partial charge on any atom is -0.361 e. The van der Waals surface area contributed by atoms with Crippen molar-refractivity contribution in [3.05, 3.63) is 35.5 Å². The maximum atomic E-state index is 12.0. The van der Waals surface area contributed by atoms with E-state index in [1.54, 1.807) is 6.26 Å². The number of rotatable bonds is 2. The lowest BCUT2D eigenvalue weighted by Crippen LogP contribution is -2.36. The van der Waals surface area contributed by atoms with Crippen molar-refractivity contribution in [3.63, 3.8) is 0 Å². The fourth-order valence-electron chi connectivity index (χ4n) is 3.10. The molecule has 1 fully saturated rings. The number of aromatic nitrogens is 1. The molecular formula is C16H19N3OS. The van der Waals surface area contributed by atoms with Crippen LogP contribution in [0.25, 0.3) is 10.9 Å². The van der Waals surface area contributed by atoms with Crippen molar-refractivity contribution in [2.45, 2.75) is 18.8 Å². The van der Waals surface area contributed by atoms with Crippen LogP contribution in [0.4, 0.5) is 0 Å². The van der Waals surface area contributed by atoms with Crippen LogP contribution < -0.4 is 0 Å². The molecule has 1 aliphatic heterocycles. The molecule has 1 atom stereocenters. The molecule has 21 heavy (non-hydrogen) atoms. The van der Waals surface area contributed by atoms with E-state index in [2.05, 4.69) is 23.1 Å². The molecular weight excluding hydrogens is 282 g/mol. The fraction of sp³-hybridized carbons (Fsp3) is 0.375. The summed E-state index contributed by atoms with van der Waals surface area (Å²) < 4.78 is 14.0. The fourth-order valence-corrected chi connectivity index (χ4v) is 4.09. The molecule has 0 bridgehead atoms. The van der Waals surface area contributed by atoms with Gasteiger partial charge in [0, 0.05) is 46.2 Å². The highest BCUT2D eigenvalue weighted by Crippen LogP contribution is 2.34. The number of nitriles is 1. The molecule has 0 saturated carbocycles. The summed E-state index contributed by atoms with van der Waals surface area (Å²) in [6, 6.07) is 7.95. The van der Waals surface area contributed by atoms with Gasteiger partial charge in [0.25, 0.3) is 0 Å². The van der Waals surface area contributed by atoms with Crippen molar-refractivity contribution in [3.8, 4) is 6.07 Å². The Morgan fingerprint density at radius 2 is 2.14 bits per heavy atom. The molecule has 0 radical (unpaired) electrons. The molecule has 1 saturated heterocycles. The molecule has 1 aromatic heterocycles. The average Bonchev–Trinajstić information content (AvgIpc) is 2.89. The second kappa shape index (κ2) is 5.21. The first-order valence-corrected chi connectivity index (χ1v) is 9.17. The Morgan fingerprint density at radius 1 is 1.43 bits per heavy atom. The van der Waals surface area contributed by atoms with Crippen molar-refractivity contribution in [2.75, 3.05) is 19.3 Å². The molecule has 2 heterocycles. The summed E-state index contributed by atoms with van der Waals surface area (Å²) >= 11 is 0. The normalized spacial score (nSPS) is 20.2. The maximum Gasteiger partial charge on any atom is 0.0991 e. The Labute approximate surface area is 125 Å². The molecule has 1 N–H and O–H groups in total. The number of piperidine rings is 1. The molecule has 3 rings (SSSR count). The first kappa shape index (κ1) is 14.2. The van der Waals surface area contributed by atoms with E-state index >= 15 is 0 Å². The van der Waals surface area contributed by atoms with Crippen LogP contribution in [0.5, 0.6) is 0 Å². The van der Waals surface area contributed by atoms with E-state index in [9.17, 15) is 4.21 Å². The zero-order chi connectivity index (χ0) is 15.0. The van der Waals surface area contributed by atoms with Gasteiger partial charge in [-0.3, -0.25) is 4.21 Å². The van der Waals surface area contributed by atoms with Crippen molar-refractivity contribution in [2.24, 2.45) is 0 Å². The predicted octanol–water partition coefficient (Wildman–Crippen LogP) is 2.48. The van der Waals surface area contributed by atoms with E-state index in [1.165, 1.54) is 5.56 Å².